The molecule has 5 rings (SSSR count). The molecule has 0 bridgehead atoms. The van der Waals surface area contributed by atoms with Crippen LogP contribution < -0.4 is 10.6 Å². The first-order chi connectivity index (χ1) is 26.2. The largest absolute Gasteiger partial charge is 0.508 e. The summed E-state index contributed by atoms with van der Waals surface area (Å²) < 4.78 is 6.48. The molecule has 1 aliphatic rings. The number of carbonyl (C=O) groups excluding carboxylic acids is 1. The fraction of sp³-hybridized carbons (Fsp3) is 0.326. The highest BCUT2D eigenvalue weighted by Crippen LogP contribution is 2.34. The van der Waals surface area contributed by atoms with Gasteiger partial charge in [0, 0.05) is 48.5 Å². The summed E-state index contributed by atoms with van der Waals surface area (Å²) >= 11 is 6.07. The van der Waals surface area contributed by atoms with Crippen molar-refractivity contribution < 1.29 is 39.5 Å². The van der Waals surface area contributed by atoms with Crippen LogP contribution in [0.1, 0.15) is 62.8 Å². The lowest BCUT2D eigenvalue weighted by Crippen LogP contribution is -2.31. The van der Waals surface area contributed by atoms with Crippen LogP contribution in [-0.4, -0.2) is 82.5 Å². The number of hydrogen-bond acceptors (Lipinski definition) is 8. The van der Waals surface area contributed by atoms with Crippen LogP contribution in [0.2, 0.25) is 5.02 Å². The summed E-state index contributed by atoms with van der Waals surface area (Å²) in [6.07, 6.45) is 4.35. The minimum Gasteiger partial charge on any atom is -0.508 e. The maximum absolute atomic E-state index is 10.5. The van der Waals surface area contributed by atoms with Crippen molar-refractivity contribution in [1.82, 2.24) is 10.2 Å². The lowest BCUT2D eigenvalue weighted by atomic mass is 9.88. The van der Waals surface area contributed by atoms with Crippen LogP contribution in [0.25, 0.3) is 0 Å². The number of benzene rings is 4. The molecular weight excluding hydrogens is 757 g/mol. The van der Waals surface area contributed by atoms with Gasteiger partial charge in [0.15, 0.2) is 0 Å². The number of phenolic OH excluding ortho intramolecular Hbond substituents is 1. The number of nitrogens with one attached hydrogen (secondary N) is 2. The third-order valence-electron chi connectivity index (χ3n) is 8.86. The molecule has 11 nitrogen and oxygen atoms in total. The maximum Gasteiger partial charge on any atom is 0.328 e. The number of carbonyl (C=O) groups is 3. The van der Waals surface area contributed by atoms with E-state index in [1.54, 1.807) is 12.1 Å². The molecule has 0 aliphatic carbocycles. The van der Waals surface area contributed by atoms with Crippen molar-refractivity contribution in [3.05, 3.63) is 143 Å². The van der Waals surface area contributed by atoms with E-state index in [-0.39, 0.29) is 30.1 Å². The normalized spacial score (nSPS) is 15.4. The number of anilines is 1. The van der Waals surface area contributed by atoms with Crippen molar-refractivity contribution in [2.45, 2.75) is 63.8 Å². The first kappa shape index (κ1) is 49.3. The van der Waals surface area contributed by atoms with Gasteiger partial charge in [-0.25, -0.2) is 9.59 Å². The van der Waals surface area contributed by atoms with E-state index in [9.17, 15) is 19.5 Å². The first-order valence-electron chi connectivity index (χ1n) is 17.9. The fourth-order valence-electron chi connectivity index (χ4n) is 5.59. The molecule has 13 heteroatoms. The number of aliphatic hydroxyl groups excluding tert-OH is 1. The number of rotatable bonds is 12. The third kappa shape index (κ3) is 18.3. The van der Waals surface area contributed by atoms with Crippen LogP contribution in [0.3, 0.4) is 0 Å². The zero-order valence-corrected chi connectivity index (χ0v) is 34.0. The number of hydrogen-bond donors (Lipinski definition) is 6. The van der Waals surface area contributed by atoms with Crippen LogP contribution in [0.15, 0.2) is 121 Å². The number of phenols is 1. The molecule has 4 aromatic carbocycles. The second-order valence-electron chi connectivity index (χ2n) is 13.0. The van der Waals surface area contributed by atoms with Gasteiger partial charge in [-0.15, -0.1) is 12.4 Å². The standard InChI is InChI=1S/C21H26ClNO.C10H15NO.C8H9NO2.C4H4O4.ClH/c1-21(17-7-4-3-5-8-17,18-10-12-19(22)13-11-18)24-16-14-20-9-6-15-23(20)2;1-8(11-2)10(12)9-6-4-3-5-7-9;1-6(10)9-7-2-4-8(11)5-3-7;5-3(6)1-2-4(7)8;/h3-5,7-8,10-13,20H,6,9,14-16H2,1-2H3;3-8,10-12H,1-2H3;2-5,11H,1H3,(H,9,10);1-2H,(H,5,6)(H,7,8);1H/b;;;2-1+;. The molecule has 1 heterocycles. The number of aliphatic carboxylic acids is 2. The van der Waals surface area contributed by atoms with E-state index in [2.05, 4.69) is 65.9 Å². The number of halogens is 2. The van der Waals surface area contributed by atoms with Gasteiger partial charge in [-0.1, -0.05) is 84.4 Å². The predicted molar refractivity (Wildman–Crippen MR) is 225 cm³/mol. The highest BCUT2D eigenvalue weighted by atomic mass is 35.5. The smallest absolute Gasteiger partial charge is 0.328 e. The molecule has 1 saturated heterocycles. The van der Waals surface area contributed by atoms with Crippen LogP contribution in [0.5, 0.6) is 5.75 Å². The molecule has 4 aromatic rings. The van der Waals surface area contributed by atoms with Crippen molar-refractivity contribution in [1.29, 1.82) is 0 Å². The highest BCUT2D eigenvalue weighted by molar-refractivity contribution is 6.30. The lowest BCUT2D eigenvalue weighted by molar-refractivity contribution is -0.134. The van der Waals surface area contributed by atoms with E-state index in [1.807, 2.05) is 62.5 Å². The summed E-state index contributed by atoms with van der Waals surface area (Å²) in [5.41, 5.74) is 3.50. The Morgan fingerprint density at radius 1 is 0.893 bits per heavy atom. The second kappa shape index (κ2) is 26.2. The number of likely N-dealkylation sites (tertiary alicyclic amines) is 1. The molecule has 56 heavy (non-hydrogen) atoms. The van der Waals surface area contributed by atoms with Crippen molar-refractivity contribution in [3.8, 4) is 5.75 Å². The van der Waals surface area contributed by atoms with Gasteiger partial charge >= 0.3 is 11.9 Å². The predicted octanol–water partition coefficient (Wildman–Crippen LogP) is 7.92. The highest BCUT2D eigenvalue weighted by Gasteiger charge is 2.31. The Labute approximate surface area is 341 Å². The molecule has 1 fully saturated rings. The van der Waals surface area contributed by atoms with E-state index in [0.717, 1.165) is 29.2 Å². The van der Waals surface area contributed by atoms with E-state index < -0.39 is 23.6 Å². The number of ether oxygens (including phenoxy) is 1. The zero-order chi connectivity index (χ0) is 40.8. The first-order valence-corrected chi connectivity index (χ1v) is 18.3. The minimum atomic E-state index is -1.26. The summed E-state index contributed by atoms with van der Waals surface area (Å²) in [4.78, 5) is 32.1. The summed E-state index contributed by atoms with van der Waals surface area (Å²) in [5.74, 6) is -2.44. The molecule has 0 saturated carbocycles. The molecule has 1 aliphatic heterocycles. The average Bonchev–Trinajstić information content (AvgIpc) is 3.59. The molecular formula is C43H55Cl2N3O8. The van der Waals surface area contributed by atoms with E-state index in [1.165, 1.54) is 44.0 Å². The summed E-state index contributed by atoms with van der Waals surface area (Å²) in [6, 6.07) is 35.2. The van der Waals surface area contributed by atoms with E-state index in [4.69, 9.17) is 31.7 Å². The van der Waals surface area contributed by atoms with Gasteiger partial charge in [-0.3, -0.25) is 4.79 Å². The Morgan fingerprint density at radius 3 is 1.88 bits per heavy atom. The Bertz CT molecular complexity index is 1730. The van der Waals surface area contributed by atoms with Crippen molar-refractivity contribution >= 4 is 47.5 Å². The minimum absolute atomic E-state index is 0. The Morgan fingerprint density at radius 2 is 1.41 bits per heavy atom. The van der Waals surface area contributed by atoms with Gasteiger partial charge < -0.3 is 40.7 Å². The fourth-order valence-corrected chi connectivity index (χ4v) is 5.71. The van der Waals surface area contributed by atoms with Gasteiger partial charge in [-0.05, 0) is 107 Å². The Kier molecular flexibility index (Phi) is 23.0. The van der Waals surface area contributed by atoms with Gasteiger partial charge in [0.05, 0.1) is 6.10 Å². The molecule has 4 atom stereocenters. The number of nitrogens with zero attached hydrogens (tertiary/aromatic N) is 1. The van der Waals surface area contributed by atoms with Gasteiger partial charge in [0.25, 0.3) is 0 Å². The number of carboxylic acid groups (broad SMARTS) is 2. The van der Waals surface area contributed by atoms with Crippen molar-refractivity contribution in [2.75, 3.05) is 32.6 Å². The Hall–Kier alpha value is -4.75. The molecule has 304 valence electrons. The third-order valence-corrected chi connectivity index (χ3v) is 9.11. The summed E-state index contributed by atoms with van der Waals surface area (Å²) in [6.45, 7) is 7.51. The van der Waals surface area contributed by atoms with Crippen molar-refractivity contribution in [3.63, 3.8) is 0 Å². The number of amides is 1. The topological polar surface area (TPSA) is 169 Å². The van der Waals surface area contributed by atoms with Gasteiger partial charge in [0.2, 0.25) is 5.91 Å². The number of likely N-dealkylation sites (N-methyl/N-ethyl adjacent to an activating group) is 1. The lowest BCUT2D eigenvalue weighted by Gasteiger charge is -2.32. The molecule has 0 spiro atoms. The monoisotopic (exact) mass is 811 g/mol. The maximum atomic E-state index is 10.5. The van der Waals surface area contributed by atoms with Crippen molar-refractivity contribution in [2.24, 2.45) is 0 Å². The van der Waals surface area contributed by atoms with Crippen LogP contribution in [0, 0.1) is 0 Å². The molecule has 1 amide bonds. The van der Waals surface area contributed by atoms with Crippen LogP contribution in [-0.2, 0) is 24.7 Å². The van der Waals surface area contributed by atoms with E-state index in [0.29, 0.717) is 23.9 Å². The Balaban J connectivity index is 0.000000413. The van der Waals surface area contributed by atoms with Gasteiger partial charge in [0.1, 0.15) is 11.4 Å². The second-order valence-corrected chi connectivity index (χ2v) is 13.4. The van der Waals surface area contributed by atoms with E-state index >= 15 is 0 Å². The molecule has 0 aromatic heterocycles. The number of aliphatic hydroxyl groups is 1. The molecule has 6 N–H and O–H groups in total. The number of carboxylic acids is 2. The molecule has 0 radical (unpaired) electrons. The van der Waals surface area contributed by atoms with Gasteiger partial charge in [-0.2, -0.15) is 0 Å². The van der Waals surface area contributed by atoms with Crippen LogP contribution >= 0.6 is 24.0 Å². The summed E-state index contributed by atoms with van der Waals surface area (Å²) in [7, 11) is 4.06. The average molecular weight is 813 g/mol. The molecule has 4 unspecified atom stereocenters. The van der Waals surface area contributed by atoms with Crippen LogP contribution in [0.4, 0.5) is 5.69 Å². The quantitative estimate of drug-likeness (QED) is 0.0611. The number of aromatic hydroxyl groups is 1. The summed E-state index contributed by atoms with van der Waals surface area (Å²) in [5, 5.41) is 40.6. The zero-order valence-electron chi connectivity index (χ0n) is 32.5. The SMILES string of the molecule is CC(=O)Nc1ccc(O)cc1.CN1CCCC1CCOC(C)(c1ccccc1)c1ccc(Cl)cc1.CNC(C)C(O)c1ccccc1.Cl.O=C(O)/C=C/C(=O)O.